The molecule has 1 N–H and O–H groups in total. The van der Waals surface area contributed by atoms with E-state index in [-0.39, 0.29) is 5.56 Å². The van der Waals surface area contributed by atoms with Crippen LogP contribution in [0.25, 0.3) is 0 Å². The minimum atomic E-state index is -1.10. The number of carboxylic acids is 1. The van der Waals surface area contributed by atoms with Gasteiger partial charge in [0, 0.05) is 18.2 Å². The molecule has 1 aromatic carbocycles. The van der Waals surface area contributed by atoms with Gasteiger partial charge in [0.15, 0.2) is 0 Å². The Labute approximate surface area is 114 Å². The van der Waals surface area contributed by atoms with Gasteiger partial charge < -0.3 is 5.11 Å². The van der Waals surface area contributed by atoms with Crippen LogP contribution in [0.4, 0.5) is 4.39 Å². The molecule has 1 rings (SSSR count). The monoisotopic (exact) mass is 267 g/mol. The normalized spacial score (nSPS) is 13.0. The van der Waals surface area contributed by atoms with E-state index in [0.29, 0.717) is 24.1 Å². The van der Waals surface area contributed by atoms with Crippen LogP contribution in [0.15, 0.2) is 18.2 Å². The summed E-state index contributed by atoms with van der Waals surface area (Å²) in [5.74, 6) is -0.966. The highest BCUT2D eigenvalue weighted by Gasteiger charge is 2.14. The fourth-order valence-corrected chi connectivity index (χ4v) is 2.10. The molecule has 0 aliphatic heterocycles. The van der Waals surface area contributed by atoms with Crippen molar-refractivity contribution in [3.8, 4) is 0 Å². The van der Waals surface area contributed by atoms with Gasteiger partial charge in [-0.15, -0.1) is 0 Å². The summed E-state index contributed by atoms with van der Waals surface area (Å²) in [6.07, 6.45) is 1.05. The second kappa shape index (κ2) is 6.66. The average Bonchev–Trinajstić information content (AvgIpc) is 2.30. The van der Waals surface area contributed by atoms with Crippen LogP contribution in [0.1, 0.15) is 43.1 Å². The van der Waals surface area contributed by atoms with Crippen LogP contribution in [0.2, 0.25) is 0 Å². The number of hydrogen-bond donors (Lipinski definition) is 1. The van der Waals surface area contributed by atoms with Crippen molar-refractivity contribution in [2.24, 2.45) is 5.92 Å². The van der Waals surface area contributed by atoms with Gasteiger partial charge in [0.25, 0.3) is 0 Å². The summed E-state index contributed by atoms with van der Waals surface area (Å²) in [7, 11) is 1.96. The maximum atomic E-state index is 13.8. The number of carbonyl (C=O) groups is 1. The SMILES string of the molecule is CC(C)CC(C)N(C)Cc1ccc(C(=O)O)cc1F. The lowest BCUT2D eigenvalue weighted by Crippen LogP contribution is -2.30. The Kier molecular flexibility index (Phi) is 5.48. The summed E-state index contributed by atoms with van der Waals surface area (Å²) in [5.41, 5.74) is 0.516. The van der Waals surface area contributed by atoms with Crippen LogP contribution >= 0.6 is 0 Å². The molecular formula is C15H22FNO2. The van der Waals surface area contributed by atoms with E-state index in [4.69, 9.17) is 5.11 Å². The number of aromatic carboxylic acids is 1. The lowest BCUT2D eigenvalue weighted by Gasteiger charge is -2.26. The first-order chi connectivity index (χ1) is 8.81. The van der Waals surface area contributed by atoms with Crippen molar-refractivity contribution in [1.82, 2.24) is 4.90 Å². The van der Waals surface area contributed by atoms with Crippen molar-refractivity contribution in [3.05, 3.63) is 35.1 Å². The maximum Gasteiger partial charge on any atom is 0.335 e. The Morgan fingerprint density at radius 2 is 2.00 bits per heavy atom. The van der Waals surface area contributed by atoms with Gasteiger partial charge in [0.1, 0.15) is 5.82 Å². The molecule has 1 atom stereocenters. The highest BCUT2D eigenvalue weighted by molar-refractivity contribution is 5.87. The van der Waals surface area contributed by atoms with E-state index in [1.807, 2.05) is 7.05 Å². The van der Waals surface area contributed by atoms with Crippen molar-refractivity contribution >= 4 is 5.97 Å². The lowest BCUT2D eigenvalue weighted by atomic mass is 10.0. The van der Waals surface area contributed by atoms with Crippen LogP contribution in [0.5, 0.6) is 0 Å². The van der Waals surface area contributed by atoms with Gasteiger partial charge in [-0.05, 0) is 38.4 Å². The van der Waals surface area contributed by atoms with Crippen molar-refractivity contribution in [2.75, 3.05) is 7.05 Å². The molecule has 0 aromatic heterocycles. The van der Waals surface area contributed by atoms with Gasteiger partial charge >= 0.3 is 5.97 Å². The second-order valence-corrected chi connectivity index (χ2v) is 5.51. The lowest BCUT2D eigenvalue weighted by molar-refractivity contribution is 0.0696. The molecule has 0 heterocycles. The molecule has 1 unspecified atom stereocenters. The van der Waals surface area contributed by atoms with Crippen LogP contribution in [-0.2, 0) is 6.54 Å². The Morgan fingerprint density at radius 1 is 1.37 bits per heavy atom. The van der Waals surface area contributed by atoms with Gasteiger partial charge in [-0.3, -0.25) is 4.90 Å². The zero-order chi connectivity index (χ0) is 14.6. The molecule has 0 radical (unpaired) electrons. The molecule has 0 aliphatic rings. The van der Waals surface area contributed by atoms with Crippen molar-refractivity contribution < 1.29 is 14.3 Å². The van der Waals surface area contributed by atoms with Gasteiger partial charge in [0.2, 0.25) is 0 Å². The first kappa shape index (κ1) is 15.6. The number of carboxylic acid groups (broad SMARTS) is 1. The van der Waals surface area contributed by atoms with Crippen LogP contribution in [0.3, 0.4) is 0 Å². The molecule has 0 bridgehead atoms. The second-order valence-electron chi connectivity index (χ2n) is 5.51. The maximum absolute atomic E-state index is 13.8. The quantitative estimate of drug-likeness (QED) is 0.859. The van der Waals surface area contributed by atoms with Gasteiger partial charge in [-0.2, -0.15) is 0 Å². The molecule has 0 saturated carbocycles. The standard InChI is InChI=1S/C15H22FNO2/c1-10(2)7-11(3)17(4)9-13-6-5-12(15(18)19)8-14(13)16/h5-6,8,10-11H,7,9H2,1-4H3,(H,18,19). The van der Waals surface area contributed by atoms with Crippen molar-refractivity contribution in [3.63, 3.8) is 0 Å². The first-order valence-electron chi connectivity index (χ1n) is 6.53. The molecule has 0 saturated heterocycles. The van der Waals surface area contributed by atoms with Crippen LogP contribution in [0, 0.1) is 11.7 Å². The number of rotatable bonds is 6. The third kappa shape index (κ3) is 4.63. The Balaban J connectivity index is 2.74. The first-order valence-corrected chi connectivity index (χ1v) is 6.53. The van der Waals surface area contributed by atoms with Gasteiger partial charge in [0.05, 0.1) is 5.56 Å². The number of hydrogen-bond acceptors (Lipinski definition) is 2. The Morgan fingerprint density at radius 3 is 2.47 bits per heavy atom. The fourth-order valence-electron chi connectivity index (χ4n) is 2.10. The number of benzene rings is 1. The molecule has 0 fully saturated rings. The number of halogens is 1. The van der Waals surface area contributed by atoms with E-state index in [0.717, 1.165) is 12.5 Å². The molecule has 19 heavy (non-hydrogen) atoms. The van der Waals surface area contributed by atoms with E-state index in [1.165, 1.54) is 6.07 Å². The molecule has 0 aliphatic carbocycles. The van der Waals surface area contributed by atoms with Crippen LogP contribution < -0.4 is 0 Å². The molecule has 4 heteroatoms. The Hall–Kier alpha value is -1.42. The summed E-state index contributed by atoms with van der Waals surface area (Å²) < 4.78 is 13.8. The molecule has 0 spiro atoms. The van der Waals surface area contributed by atoms with E-state index in [2.05, 4.69) is 25.7 Å². The highest BCUT2D eigenvalue weighted by Crippen LogP contribution is 2.16. The Bertz CT molecular complexity index is 446. The third-order valence-electron chi connectivity index (χ3n) is 3.28. The molecule has 3 nitrogen and oxygen atoms in total. The molecule has 106 valence electrons. The minimum absolute atomic E-state index is 0.0147. The largest absolute Gasteiger partial charge is 0.478 e. The zero-order valence-corrected chi connectivity index (χ0v) is 12.0. The predicted octanol–water partition coefficient (Wildman–Crippen LogP) is 3.39. The van der Waals surface area contributed by atoms with Crippen LogP contribution in [-0.4, -0.2) is 29.1 Å². The van der Waals surface area contributed by atoms with Crippen molar-refractivity contribution in [2.45, 2.75) is 39.8 Å². The van der Waals surface area contributed by atoms with E-state index in [1.54, 1.807) is 6.07 Å². The number of nitrogens with zero attached hydrogens (tertiary/aromatic N) is 1. The molecule has 1 aromatic rings. The summed E-state index contributed by atoms with van der Waals surface area (Å²) in [6, 6.07) is 4.44. The summed E-state index contributed by atoms with van der Waals surface area (Å²) in [6.45, 7) is 6.92. The van der Waals surface area contributed by atoms with E-state index in [9.17, 15) is 9.18 Å². The minimum Gasteiger partial charge on any atom is -0.478 e. The third-order valence-corrected chi connectivity index (χ3v) is 3.28. The fraction of sp³-hybridized carbons (Fsp3) is 0.533. The molecular weight excluding hydrogens is 245 g/mol. The summed E-state index contributed by atoms with van der Waals surface area (Å²) >= 11 is 0. The summed E-state index contributed by atoms with van der Waals surface area (Å²) in [4.78, 5) is 12.8. The van der Waals surface area contributed by atoms with Crippen molar-refractivity contribution in [1.29, 1.82) is 0 Å². The van der Waals surface area contributed by atoms with Gasteiger partial charge in [-0.25, -0.2) is 9.18 Å². The smallest absolute Gasteiger partial charge is 0.335 e. The topological polar surface area (TPSA) is 40.5 Å². The zero-order valence-electron chi connectivity index (χ0n) is 12.0. The predicted molar refractivity (Wildman–Crippen MR) is 73.7 cm³/mol. The highest BCUT2D eigenvalue weighted by atomic mass is 19.1. The summed E-state index contributed by atoms with van der Waals surface area (Å²) in [5, 5.41) is 8.79. The van der Waals surface area contributed by atoms with Gasteiger partial charge in [-0.1, -0.05) is 19.9 Å². The van der Waals surface area contributed by atoms with E-state index >= 15 is 0 Å². The molecule has 0 amide bonds. The van der Waals surface area contributed by atoms with E-state index < -0.39 is 11.8 Å². The average molecular weight is 267 g/mol.